The highest BCUT2D eigenvalue weighted by molar-refractivity contribution is 7.92. The molecule has 0 unspecified atom stereocenters. The third kappa shape index (κ3) is 2.12. The van der Waals surface area contributed by atoms with Gasteiger partial charge in [0.15, 0.2) is 0 Å². The number of sulfonamides is 1. The Bertz CT molecular complexity index is 729. The first-order chi connectivity index (χ1) is 9.59. The monoisotopic (exact) mass is 289 g/mol. The van der Waals surface area contributed by atoms with Gasteiger partial charge in [0, 0.05) is 24.6 Å². The molecule has 0 amide bonds. The number of rotatable bonds is 2. The van der Waals surface area contributed by atoms with Crippen LogP contribution in [0.15, 0.2) is 47.6 Å². The van der Waals surface area contributed by atoms with Crippen LogP contribution in [0.2, 0.25) is 0 Å². The lowest BCUT2D eigenvalue weighted by atomic mass is 10.0. The summed E-state index contributed by atoms with van der Waals surface area (Å²) in [4.78, 5) is 4.09. The van der Waals surface area contributed by atoms with E-state index in [1.54, 1.807) is 30.5 Å². The van der Waals surface area contributed by atoms with Crippen molar-refractivity contribution < 1.29 is 8.42 Å². The molecule has 3 rings (SSSR count). The number of nitrogen functional groups attached to an aromatic ring is 1. The molecule has 1 aliphatic rings. The van der Waals surface area contributed by atoms with Gasteiger partial charge in [0.2, 0.25) is 0 Å². The summed E-state index contributed by atoms with van der Waals surface area (Å²) >= 11 is 0. The molecule has 1 aromatic heterocycles. The summed E-state index contributed by atoms with van der Waals surface area (Å²) in [7, 11) is -3.58. The van der Waals surface area contributed by atoms with Crippen molar-refractivity contribution in [3.8, 4) is 0 Å². The summed E-state index contributed by atoms with van der Waals surface area (Å²) in [6.45, 7) is 0.466. The van der Waals surface area contributed by atoms with E-state index in [4.69, 9.17) is 5.73 Å². The van der Waals surface area contributed by atoms with Crippen LogP contribution in [0, 0.1) is 0 Å². The second-order valence-electron chi connectivity index (χ2n) is 4.76. The number of nitrogens with two attached hydrogens (primary N) is 1. The van der Waals surface area contributed by atoms with Crippen molar-refractivity contribution in [1.82, 2.24) is 4.98 Å². The molecule has 0 saturated carbocycles. The molecular weight excluding hydrogens is 274 g/mol. The van der Waals surface area contributed by atoms with Gasteiger partial charge in [0.1, 0.15) is 4.90 Å². The van der Waals surface area contributed by atoms with Crippen LogP contribution in [-0.4, -0.2) is 19.9 Å². The van der Waals surface area contributed by atoms with E-state index in [0.29, 0.717) is 17.9 Å². The number of pyridine rings is 1. The number of fused-ring (bicyclic) bond motifs is 1. The van der Waals surface area contributed by atoms with Crippen LogP contribution in [0.3, 0.4) is 0 Å². The Hall–Kier alpha value is -2.08. The highest BCUT2D eigenvalue weighted by Crippen LogP contribution is 2.33. The van der Waals surface area contributed by atoms with E-state index in [1.165, 1.54) is 10.5 Å². The molecule has 0 saturated heterocycles. The number of benzene rings is 1. The summed E-state index contributed by atoms with van der Waals surface area (Å²) in [6, 6.07) is 8.61. The maximum atomic E-state index is 12.7. The Morgan fingerprint density at radius 3 is 2.85 bits per heavy atom. The summed E-state index contributed by atoms with van der Waals surface area (Å²) in [5, 5.41) is 0. The maximum Gasteiger partial charge on any atom is 0.265 e. The Kier molecular flexibility index (Phi) is 3.10. The molecule has 5 nitrogen and oxygen atoms in total. The first-order valence-electron chi connectivity index (χ1n) is 6.40. The van der Waals surface area contributed by atoms with Gasteiger partial charge in [0.05, 0.1) is 5.69 Å². The molecule has 1 aliphatic heterocycles. The predicted molar refractivity (Wildman–Crippen MR) is 77.9 cm³/mol. The van der Waals surface area contributed by atoms with Crippen LogP contribution in [0.25, 0.3) is 0 Å². The number of hydrogen-bond donors (Lipinski definition) is 1. The zero-order chi connectivity index (χ0) is 14.2. The van der Waals surface area contributed by atoms with Gasteiger partial charge in [0.25, 0.3) is 10.0 Å². The Balaban J connectivity index is 2.11. The Morgan fingerprint density at radius 1 is 1.25 bits per heavy atom. The summed E-state index contributed by atoms with van der Waals surface area (Å²) in [5.41, 5.74) is 8.05. The molecule has 0 spiro atoms. The zero-order valence-electron chi connectivity index (χ0n) is 10.9. The average molecular weight is 289 g/mol. The van der Waals surface area contributed by atoms with Crippen molar-refractivity contribution in [2.24, 2.45) is 0 Å². The van der Waals surface area contributed by atoms with Crippen molar-refractivity contribution >= 4 is 21.4 Å². The Morgan fingerprint density at radius 2 is 2.10 bits per heavy atom. The van der Waals surface area contributed by atoms with Crippen LogP contribution in [0.5, 0.6) is 0 Å². The second-order valence-corrected chi connectivity index (χ2v) is 6.62. The zero-order valence-corrected chi connectivity index (χ0v) is 11.7. The second kappa shape index (κ2) is 4.79. The number of hydrogen-bond acceptors (Lipinski definition) is 4. The lowest BCUT2D eigenvalue weighted by Crippen LogP contribution is -2.35. The minimum atomic E-state index is -3.58. The molecule has 0 atom stereocenters. The number of aromatic nitrogens is 1. The quantitative estimate of drug-likeness (QED) is 0.855. The lowest BCUT2D eigenvalue weighted by molar-refractivity contribution is 0.586. The van der Waals surface area contributed by atoms with Gasteiger partial charge >= 0.3 is 0 Å². The fraction of sp³-hybridized carbons (Fsp3) is 0.214. The molecule has 2 heterocycles. The molecule has 1 aromatic carbocycles. The Labute approximate surface area is 118 Å². The van der Waals surface area contributed by atoms with E-state index in [1.807, 2.05) is 6.07 Å². The van der Waals surface area contributed by atoms with Crippen LogP contribution in [0.4, 0.5) is 11.4 Å². The third-order valence-electron chi connectivity index (χ3n) is 3.41. The lowest BCUT2D eigenvalue weighted by Gasteiger charge is -2.30. The normalized spacial score (nSPS) is 14.9. The smallest absolute Gasteiger partial charge is 0.265 e. The van der Waals surface area contributed by atoms with Gasteiger partial charge in [-0.05, 0) is 42.7 Å². The molecule has 0 aliphatic carbocycles. The van der Waals surface area contributed by atoms with E-state index < -0.39 is 10.0 Å². The largest absolute Gasteiger partial charge is 0.399 e. The van der Waals surface area contributed by atoms with Crippen LogP contribution < -0.4 is 10.0 Å². The number of aryl methyl sites for hydroxylation is 1. The molecule has 2 N–H and O–H groups in total. The fourth-order valence-electron chi connectivity index (χ4n) is 2.43. The minimum Gasteiger partial charge on any atom is -0.399 e. The molecule has 0 bridgehead atoms. The van der Waals surface area contributed by atoms with E-state index in [-0.39, 0.29) is 4.90 Å². The van der Waals surface area contributed by atoms with E-state index >= 15 is 0 Å². The standard InChI is InChI=1S/C14H15N3O2S/c15-12-6-5-11-3-2-8-17(14(11)9-12)20(18,19)13-4-1-7-16-10-13/h1,4-7,9-10H,2-3,8,15H2. The third-order valence-corrected chi connectivity index (χ3v) is 5.20. The summed E-state index contributed by atoms with van der Waals surface area (Å²) in [5.74, 6) is 0. The van der Waals surface area contributed by atoms with Crippen molar-refractivity contribution in [3.63, 3.8) is 0 Å². The first kappa shape index (κ1) is 12.9. The molecule has 0 radical (unpaired) electrons. The maximum absolute atomic E-state index is 12.7. The number of anilines is 2. The molecule has 20 heavy (non-hydrogen) atoms. The SMILES string of the molecule is Nc1ccc2c(c1)N(S(=O)(=O)c1cccnc1)CCC2. The average Bonchev–Trinajstić information content (AvgIpc) is 2.47. The topological polar surface area (TPSA) is 76.3 Å². The van der Waals surface area contributed by atoms with Crippen LogP contribution >= 0.6 is 0 Å². The van der Waals surface area contributed by atoms with Gasteiger partial charge in [-0.2, -0.15) is 0 Å². The first-order valence-corrected chi connectivity index (χ1v) is 7.84. The van der Waals surface area contributed by atoms with Gasteiger partial charge < -0.3 is 5.73 Å². The van der Waals surface area contributed by atoms with Gasteiger partial charge in [-0.25, -0.2) is 8.42 Å². The molecule has 104 valence electrons. The van der Waals surface area contributed by atoms with Crippen LogP contribution in [0.1, 0.15) is 12.0 Å². The predicted octanol–water partition coefficient (Wildman–Crippen LogP) is 1.81. The number of nitrogens with zero attached hydrogens (tertiary/aromatic N) is 2. The highest BCUT2D eigenvalue weighted by atomic mass is 32.2. The molecule has 2 aromatic rings. The molecular formula is C14H15N3O2S. The van der Waals surface area contributed by atoms with Gasteiger partial charge in [-0.15, -0.1) is 0 Å². The summed E-state index contributed by atoms with van der Waals surface area (Å²) < 4.78 is 26.8. The highest BCUT2D eigenvalue weighted by Gasteiger charge is 2.29. The van der Waals surface area contributed by atoms with Crippen molar-refractivity contribution in [2.45, 2.75) is 17.7 Å². The molecule has 6 heteroatoms. The van der Waals surface area contributed by atoms with Crippen molar-refractivity contribution in [1.29, 1.82) is 0 Å². The van der Waals surface area contributed by atoms with Crippen molar-refractivity contribution in [2.75, 3.05) is 16.6 Å². The molecule has 0 fully saturated rings. The fourth-order valence-corrected chi connectivity index (χ4v) is 3.93. The summed E-state index contributed by atoms with van der Waals surface area (Å²) in [6.07, 6.45) is 4.60. The van der Waals surface area contributed by atoms with Crippen molar-refractivity contribution in [3.05, 3.63) is 48.3 Å². The minimum absolute atomic E-state index is 0.204. The van der Waals surface area contributed by atoms with E-state index in [2.05, 4.69) is 4.98 Å². The van der Waals surface area contributed by atoms with E-state index in [9.17, 15) is 8.42 Å². The van der Waals surface area contributed by atoms with Gasteiger partial charge in [-0.1, -0.05) is 6.07 Å². The van der Waals surface area contributed by atoms with Crippen LogP contribution in [-0.2, 0) is 16.4 Å². The van der Waals surface area contributed by atoms with E-state index in [0.717, 1.165) is 18.4 Å². The van der Waals surface area contributed by atoms with Gasteiger partial charge in [-0.3, -0.25) is 9.29 Å².